The summed E-state index contributed by atoms with van der Waals surface area (Å²) in [6, 6.07) is 7.70. The number of carbonyl (C=O) groups excluding carboxylic acids is 1. The Morgan fingerprint density at radius 2 is 2.11 bits per heavy atom. The van der Waals surface area contributed by atoms with Gasteiger partial charge in [0.25, 0.3) is 0 Å². The van der Waals surface area contributed by atoms with Crippen molar-refractivity contribution in [2.75, 3.05) is 12.3 Å². The highest BCUT2D eigenvalue weighted by Gasteiger charge is 2.42. The molecule has 0 radical (unpaired) electrons. The highest BCUT2D eigenvalue weighted by Crippen LogP contribution is 2.41. The predicted octanol–water partition coefficient (Wildman–Crippen LogP) is 3.20. The van der Waals surface area contributed by atoms with Crippen molar-refractivity contribution in [1.82, 2.24) is 5.32 Å². The van der Waals surface area contributed by atoms with E-state index in [9.17, 15) is 4.79 Å². The molecule has 0 saturated heterocycles. The number of amides is 1. The molecule has 1 amide bonds. The molecular weight excluding hydrogens is 266 g/mol. The fourth-order valence-electron chi connectivity index (χ4n) is 2.75. The number of halogens is 1. The van der Waals surface area contributed by atoms with E-state index in [0.717, 1.165) is 31.2 Å². The molecule has 1 aromatic carbocycles. The van der Waals surface area contributed by atoms with Crippen molar-refractivity contribution < 1.29 is 4.79 Å². The Bertz CT molecular complexity index is 430. The molecule has 0 aliphatic heterocycles. The molecule has 18 heavy (non-hydrogen) atoms. The average molecular weight is 284 g/mol. The second-order valence-electron chi connectivity index (χ2n) is 4.78. The molecule has 1 saturated carbocycles. The summed E-state index contributed by atoms with van der Waals surface area (Å²) in [4.78, 5) is 12.4. The summed E-state index contributed by atoms with van der Waals surface area (Å²) in [7, 11) is 0. The highest BCUT2D eigenvalue weighted by molar-refractivity contribution is 7.80. The second-order valence-corrected chi connectivity index (χ2v) is 5.66. The van der Waals surface area contributed by atoms with Gasteiger partial charge >= 0.3 is 0 Å². The normalized spacial score (nSPS) is 17.7. The number of nitrogens with one attached hydrogen (secondary N) is 1. The van der Waals surface area contributed by atoms with Gasteiger partial charge in [-0.15, -0.1) is 0 Å². The molecule has 0 bridgehead atoms. The van der Waals surface area contributed by atoms with Crippen LogP contribution in [0.25, 0.3) is 0 Å². The molecule has 0 atom stereocenters. The lowest BCUT2D eigenvalue weighted by molar-refractivity contribution is -0.126. The van der Waals surface area contributed by atoms with Gasteiger partial charge in [-0.3, -0.25) is 4.79 Å². The molecule has 1 N–H and O–H groups in total. The van der Waals surface area contributed by atoms with Gasteiger partial charge in [0.2, 0.25) is 5.91 Å². The molecule has 1 aliphatic rings. The predicted molar refractivity (Wildman–Crippen MR) is 78.5 cm³/mol. The fraction of sp³-hybridized carbons (Fsp3) is 0.500. The van der Waals surface area contributed by atoms with Crippen molar-refractivity contribution in [3.63, 3.8) is 0 Å². The third kappa shape index (κ3) is 2.67. The van der Waals surface area contributed by atoms with E-state index in [1.54, 1.807) is 0 Å². The third-order valence-corrected chi connectivity index (χ3v) is 4.13. The van der Waals surface area contributed by atoms with Crippen LogP contribution in [0.2, 0.25) is 5.02 Å². The van der Waals surface area contributed by atoms with E-state index in [1.807, 2.05) is 24.3 Å². The maximum absolute atomic E-state index is 12.4. The van der Waals surface area contributed by atoms with Crippen molar-refractivity contribution in [3.05, 3.63) is 34.9 Å². The van der Waals surface area contributed by atoms with Crippen LogP contribution in [0, 0.1) is 0 Å². The van der Waals surface area contributed by atoms with E-state index in [1.165, 1.54) is 0 Å². The second kappa shape index (κ2) is 5.98. The van der Waals surface area contributed by atoms with Crippen LogP contribution in [-0.4, -0.2) is 18.2 Å². The number of hydrogen-bond acceptors (Lipinski definition) is 2. The van der Waals surface area contributed by atoms with Crippen molar-refractivity contribution in [2.24, 2.45) is 0 Å². The van der Waals surface area contributed by atoms with E-state index < -0.39 is 0 Å². The van der Waals surface area contributed by atoms with Crippen LogP contribution in [0.3, 0.4) is 0 Å². The van der Waals surface area contributed by atoms with Gasteiger partial charge < -0.3 is 5.32 Å². The van der Waals surface area contributed by atoms with E-state index in [0.29, 0.717) is 17.3 Å². The van der Waals surface area contributed by atoms with E-state index >= 15 is 0 Å². The van der Waals surface area contributed by atoms with Crippen molar-refractivity contribution >= 4 is 30.1 Å². The molecule has 0 heterocycles. The van der Waals surface area contributed by atoms with Gasteiger partial charge in [-0.25, -0.2) is 0 Å². The number of thiol groups is 1. The Hall–Kier alpha value is -0.670. The van der Waals surface area contributed by atoms with Crippen LogP contribution >= 0.6 is 24.2 Å². The first kappa shape index (κ1) is 13.8. The lowest BCUT2D eigenvalue weighted by atomic mass is 9.78. The molecule has 98 valence electrons. The first-order valence-corrected chi connectivity index (χ1v) is 7.35. The minimum atomic E-state index is -0.381. The van der Waals surface area contributed by atoms with Crippen LogP contribution in [0.1, 0.15) is 31.2 Å². The summed E-state index contributed by atoms with van der Waals surface area (Å²) in [5.41, 5.74) is 0.664. The first-order chi connectivity index (χ1) is 8.69. The van der Waals surface area contributed by atoms with Gasteiger partial charge in [0.1, 0.15) is 0 Å². The Kier molecular flexibility index (Phi) is 4.57. The Morgan fingerprint density at radius 1 is 1.39 bits per heavy atom. The summed E-state index contributed by atoms with van der Waals surface area (Å²) < 4.78 is 0. The summed E-state index contributed by atoms with van der Waals surface area (Å²) in [5, 5.41) is 3.67. The largest absolute Gasteiger partial charge is 0.355 e. The van der Waals surface area contributed by atoms with E-state index in [4.69, 9.17) is 11.6 Å². The molecule has 1 aliphatic carbocycles. The van der Waals surface area contributed by atoms with Crippen LogP contribution in [0.15, 0.2) is 24.3 Å². The van der Waals surface area contributed by atoms with Gasteiger partial charge in [0.05, 0.1) is 5.41 Å². The van der Waals surface area contributed by atoms with Gasteiger partial charge in [0, 0.05) is 17.3 Å². The molecule has 1 aromatic rings. The maximum atomic E-state index is 12.4. The van der Waals surface area contributed by atoms with Gasteiger partial charge in [0.15, 0.2) is 0 Å². The zero-order valence-electron chi connectivity index (χ0n) is 10.3. The average Bonchev–Trinajstić information content (AvgIpc) is 2.86. The Labute approximate surface area is 119 Å². The molecule has 0 spiro atoms. The number of carbonyl (C=O) groups is 1. The van der Waals surface area contributed by atoms with Crippen LogP contribution < -0.4 is 5.32 Å². The van der Waals surface area contributed by atoms with Crippen molar-refractivity contribution in [3.8, 4) is 0 Å². The quantitative estimate of drug-likeness (QED) is 0.817. The van der Waals surface area contributed by atoms with Crippen LogP contribution in [-0.2, 0) is 10.2 Å². The smallest absolute Gasteiger partial charge is 0.230 e. The topological polar surface area (TPSA) is 29.1 Å². The SMILES string of the molecule is O=C(NCCS)C1(c2cccc(Cl)c2)CCCC1. The zero-order valence-corrected chi connectivity index (χ0v) is 11.9. The standard InChI is InChI=1S/C14H18ClNOS/c15-12-5-3-4-11(10-12)14(6-1-2-7-14)13(17)16-8-9-18/h3-5,10,18H,1-2,6-9H2,(H,16,17). The molecular formula is C14H18ClNOS. The summed E-state index contributed by atoms with van der Waals surface area (Å²) in [6.07, 6.45) is 4.01. The van der Waals surface area contributed by atoms with Crippen LogP contribution in [0.5, 0.6) is 0 Å². The van der Waals surface area contributed by atoms with Gasteiger partial charge in [-0.2, -0.15) is 12.6 Å². The summed E-state index contributed by atoms with van der Waals surface area (Å²) in [6.45, 7) is 0.615. The molecule has 2 rings (SSSR count). The number of rotatable bonds is 4. The van der Waals surface area contributed by atoms with Crippen molar-refractivity contribution in [2.45, 2.75) is 31.1 Å². The van der Waals surface area contributed by atoms with Crippen LogP contribution in [0.4, 0.5) is 0 Å². The molecule has 2 nitrogen and oxygen atoms in total. The highest BCUT2D eigenvalue weighted by atomic mass is 35.5. The molecule has 4 heteroatoms. The van der Waals surface area contributed by atoms with Crippen molar-refractivity contribution in [1.29, 1.82) is 0 Å². The lowest BCUT2D eigenvalue weighted by Gasteiger charge is -2.28. The number of hydrogen-bond donors (Lipinski definition) is 2. The first-order valence-electron chi connectivity index (χ1n) is 6.34. The molecule has 1 fully saturated rings. The fourth-order valence-corrected chi connectivity index (χ4v) is 3.05. The van der Waals surface area contributed by atoms with Gasteiger partial charge in [-0.1, -0.05) is 36.6 Å². The summed E-state index contributed by atoms with van der Waals surface area (Å²) in [5.74, 6) is 0.786. The van der Waals surface area contributed by atoms with E-state index in [2.05, 4.69) is 17.9 Å². The Balaban J connectivity index is 2.29. The minimum absolute atomic E-state index is 0.122. The third-order valence-electron chi connectivity index (χ3n) is 3.67. The minimum Gasteiger partial charge on any atom is -0.355 e. The Morgan fingerprint density at radius 3 is 2.72 bits per heavy atom. The molecule has 0 unspecified atom stereocenters. The maximum Gasteiger partial charge on any atom is 0.230 e. The van der Waals surface area contributed by atoms with Gasteiger partial charge in [-0.05, 0) is 30.5 Å². The molecule has 0 aromatic heterocycles. The lowest BCUT2D eigenvalue weighted by Crippen LogP contribution is -2.43. The summed E-state index contributed by atoms with van der Waals surface area (Å²) >= 11 is 10.2. The van der Waals surface area contributed by atoms with E-state index in [-0.39, 0.29) is 11.3 Å². The zero-order chi connectivity index (χ0) is 13.0. The number of benzene rings is 1. The monoisotopic (exact) mass is 283 g/mol.